The van der Waals surface area contributed by atoms with Gasteiger partial charge in [0.1, 0.15) is 39.6 Å². The lowest BCUT2D eigenvalue weighted by Crippen LogP contribution is -2.45. The Bertz CT molecular complexity index is 1450. The number of alkyl halides is 4. The van der Waals surface area contributed by atoms with Crippen molar-refractivity contribution in [3.63, 3.8) is 0 Å². The third kappa shape index (κ3) is 6.77. The second kappa shape index (κ2) is 11.0. The number of amides is 1. The number of rotatable bonds is 9. The van der Waals surface area contributed by atoms with E-state index in [-0.39, 0.29) is 43.2 Å². The van der Waals surface area contributed by atoms with Gasteiger partial charge in [-0.05, 0) is 68.2 Å². The van der Waals surface area contributed by atoms with Gasteiger partial charge in [0.25, 0.3) is 5.91 Å². The number of carbonyl (C=O) groups excluding carboxylic acids is 1. The maximum atomic E-state index is 15.7. The Morgan fingerprint density at radius 3 is 2.39 bits per heavy atom. The molecule has 1 atom stereocenters. The van der Waals surface area contributed by atoms with E-state index in [1.807, 2.05) is 0 Å². The maximum absolute atomic E-state index is 15.7. The number of benzene rings is 2. The summed E-state index contributed by atoms with van der Waals surface area (Å²) in [5.41, 5.74) is -3.46. The second-order valence-corrected chi connectivity index (χ2v) is 13.5. The van der Waals surface area contributed by atoms with Crippen LogP contribution in [0.15, 0.2) is 24.3 Å². The molecule has 1 heterocycles. The normalized spacial score (nSPS) is 20.9. The van der Waals surface area contributed by atoms with E-state index in [1.54, 1.807) is 0 Å². The summed E-state index contributed by atoms with van der Waals surface area (Å²) in [5.74, 6) is -3.02. The number of likely N-dealkylation sites (tertiary alicyclic amines) is 1. The van der Waals surface area contributed by atoms with Crippen LogP contribution in [0.3, 0.4) is 0 Å². The highest BCUT2D eigenvalue weighted by Gasteiger charge is 2.40. The minimum atomic E-state index is -4.78. The van der Waals surface area contributed by atoms with Crippen LogP contribution in [0.2, 0.25) is 5.02 Å². The summed E-state index contributed by atoms with van der Waals surface area (Å²) in [7, 11) is -3.38. The molecule has 0 bridgehead atoms. The Kier molecular flexibility index (Phi) is 8.01. The van der Waals surface area contributed by atoms with E-state index in [2.05, 4.69) is 4.72 Å². The minimum Gasteiger partial charge on any atom is -0.490 e. The van der Waals surface area contributed by atoms with E-state index < -0.39 is 73.9 Å². The number of halogens is 7. The first kappa shape index (κ1) is 30.0. The first-order valence-corrected chi connectivity index (χ1v) is 15.2. The number of nitrogens with zero attached hydrogens (tertiary/aromatic N) is 1. The molecule has 3 aliphatic rings. The molecule has 224 valence electrons. The highest BCUT2D eigenvalue weighted by atomic mass is 35.5. The van der Waals surface area contributed by atoms with E-state index in [0.29, 0.717) is 18.4 Å². The molecule has 1 aliphatic heterocycles. The Balaban J connectivity index is 1.24. The molecule has 6 nitrogen and oxygen atoms in total. The van der Waals surface area contributed by atoms with Crippen LogP contribution in [0.25, 0.3) is 0 Å². The standard InChI is InChI=1S/C27H28ClF6N3O3S/c28-21-6-5-20(27(32,33)34)19(24(21)30)13-37-9-7-26(31,8-10-37)14-40-23-12-22(29)18(11-17(23)15-1-2-15)25(38)36-41(35,39)16-3-4-16/h5-6,11-12,15-16H,1-4,7-10,13-14H2,(H2,35,36,38,39). The van der Waals surface area contributed by atoms with Gasteiger partial charge in [0.15, 0.2) is 0 Å². The first-order chi connectivity index (χ1) is 19.2. The lowest BCUT2D eigenvalue weighted by molar-refractivity contribution is -0.138. The molecular formula is C27H28ClF6N3O3S. The molecule has 2 aromatic carbocycles. The molecule has 0 spiro atoms. The maximum Gasteiger partial charge on any atom is 0.416 e. The number of hydrogen-bond donors (Lipinski definition) is 2. The van der Waals surface area contributed by atoms with Crippen LogP contribution in [0, 0.1) is 16.4 Å². The minimum absolute atomic E-state index is 0.0197. The third-order valence-corrected chi connectivity index (χ3v) is 9.91. The van der Waals surface area contributed by atoms with Crippen molar-refractivity contribution in [1.82, 2.24) is 9.62 Å². The van der Waals surface area contributed by atoms with E-state index >= 15 is 4.39 Å². The number of ether oxygens (including phenoxy) is 1. The number of hydrogen-bond acceptors (Lipinski definition) is 5. The fourth-order valence-corrected chi connectivity index (χ4v) is 6.49. The number of piperidine rings is 1. The molecule has 14 heteroatoms. The van der Waals surface area contributed by atoms with Gasteiger partial charge in [0.05, 0.1) is 21.4 Å². The van der Waals surface area contributed by atoms with Crippen LogP contribution in [0.4, 0.5) is 26.3 Å². The molecule has 2 aliphatic carbocycles. The van der Waals surface area contributed by atoms with Crippen LogP contribution in [0.5, 0.6) is 5.75 Å². The molecule has 1 unspecified atom stereocenters. The Morgan fingerprint density at radius 1 is 1.15 bits per heavy atom. The zero-order valence-electron chi connectivity index (χ0n) is 21.8. The van der Waals surface area contributed by atoms with Crippen molar-refractivity contribution in [3.8, 4) is 5.75 Å². The highest BCUT2D eigenvalue weighted by molar-refractivity contribution is 7.92. The van der Waals surface area contributed by atoms with Crippen molar-refractivity contribution in [1.29, 1.82) is 4.78 Å². The molecular weight excluding hydrogens is 596 g/mol. The van der Waals surface area contributed by atoms with Crippen molar-refractivity contribution >= 4 is 27.4 Å². The van der Waals surface area contributed by atoms with E-state index in [4.69, 9.17) is 21.1 Å². The topological polar surface area (TPSA) is 82.5 Å². The van der Waals surface area contributed by atoms with Crippen LogP contribution in [-0.4, -0.2) is 45.6 Å². The largest absolute Gasteiger partial charge is 0.490 e. The SMILES string of the molecule is N=S(=O)(NC(=O)c1cc(C2CC2)c(OCC2(F)CCN(Cc3c(C(F)(F)F)ccc(Cl)c3F)CC2)cc1F)C1CC1. The molecule has 1 saturated heterocycles. The van der Waals surface area contributed by atoms with Crippen LogP contribution in [-0.2, 0) is 22.6 Å². The molecule has 1 amide bonds. The average Bonchev–Trinajstić information content (AvgIpc) is 3.79. The van der Waals surface area contributed by atoms with Crippen LogP contribution < -0.4 is 9.46 Å². The predicted molar refractivity (Wildman–Crippen MR) is 140 cm³/mol. The predicted octanol–water partition coefficient (Wildman–Crippen LogP) is 6.75. The lowest BCUT2D eigenvalue weighted by atomic mass is 9.93. The van der Waals surface area contributed by atoms with Gasteiger partial charge >= 0.3 is 6.18 Å². The highest BCUT2D eigenvalue weighted by Crippen LogP contribution is 2.46. The van der Waals surface area contributed by atoms with Crippen molar-refractivity contribution in [2.45, 2.75) is 68.1 Å². The zero-order chi connectivity index (χ0) is 29.7. The Morgan fingerprint density at radius 2 is 1.80 bits per heavy atom. The number of nitrogens with one attached hydrogen (secondary N) is 2. The smallest absolute Gasteiger partial charge is 0.416 e. The van der Waals surface area contributed by atoms with E-state index in [1.165, 1.54) is 11.0 Å². The summed E-state index contributed by atoms with van der Waals surface area (Å²) in [6, 6.07) is 3.86. The summed E-state index contributed by atoms with van der Waals surface area (Å²) in [5, 5.41) is -0.875. The molecule has 0 aromatic heterocycles. The summed E-state index contributed by atoms with van der Waals surface area (Å²) >= 11 is 5.71. The summed E-state index contributed by atoms with van der Waals surface area (Å²) < 4.78 is 113. The average molecular weight is 624 g/mol. The number of carbonyl (C=O) groups is 1. The van der Waals surface area contributed by atoms with E-state index in [9.17, 15) is 31.0 Å². The molecule has 41 heavy (non-hydrogen) atoms. The Hall–Kier alpha value is -2.51. The molecule has 2 aromatic rings. The van der Waals surface area contributed by atoms with Crippen LogP contribution in [0.1, 0.15) is 71.5 Å². The Labute approximate surface area is 238 Å². The first-order valence-electron chi connectivity index (χ1n) is 13.2. The zero-order valence-corrected chi connectivity index (χ0v) is 23.3. The lowest BCUT2D eigenvalue weighted by Gasteiger charge is -2.36. The van der Waals surface area contributed by atoms with Gasteiger partial charge in [-0.2, -0.15) is 13.2 Å². The van der Waals surface area contributed by atoms with Gasteiger partial charge in [-0.25, -0.2) is 22.2 Å². The van der Waals surface area contributed by atoms with Crippen LogP contribution >= 0.6 is 11.6 Å². The second-order valence-electron chi connectivity index (χ2n) is 11.0. The fraction of sp³-hybridized carbons (Fsp3) is 0.519. The van der Waals surface area contributed by atoms with Crippen molar-refractivity contribution in [2.75, 3.05) is 19.7 Å². The van der Waals surface area contributed by atoms with Crippen molar-refractivity contribution in [3.05, 3.63) is 63.2 Å². The van der Waals surface area contributed by atoms with E-state index in [0.717, 1.165) is 31.0 Å². The summed E-state index contributed by atoms with van der Waals surface area (Å²) in [6.07, 6.45) is -2.38. The van der Waals surface area contributed by atoms with Gasteiger partial charge in [-0.1, -0.05) is 11.6 Å². The monoisotopic (exact) mass is 623 g/mol. The molecule has 3 fully saturated rings. The van der Waals surface area contributed by atoms with Gasteiger partial charge < -0.3 is 4.74 Å². The summed E-state index contributed by atoms with van der Waals surface area (Å²) in [4.78, 5) is 14.1. The van der Waals surface area contributed by atoms with Gasteiger partial charge in [-0.15, -0.1) is 0 Å². The molecule has 5 rings (SSSR count). The molecule has 2 saturated carbocycles. The van der Waals surface area contributed by atoms with Gasteiger partial charge in [0.2, 0.25) is 0 Å². The quantitative estimate of drug-likeness (QED) is 0.303. The molecule has 2 N–H and O–H groups in total. The molecule has 0 radical (unpaired) electrons. The third-order valence-electron chi connectivity index (χ3n) is 7.72. The summed E-state index contributed by atoms with van der Waals surface area (Å²) in [6.45, 7) is -0.795. The van der Waals surface area contributed by atoms with Gasteiger partial charge in [-0.3, -0.25) is 14.4 Å². The van der Waals surface area contributed by atoms with Crippen molar-refractivity contribution < 1.29 is 40.1 Å². The van der Waals surface area contributed by atoms with Gasteiger partial charge in [0, 0.05) is 31.3 Å². The van der Waals surface area contributed by atoms with Crippen molar-refractivity contribution in [2.24, 2.45) is 0 Å². The fourth-order valence-electron chi connectivity index (χ4n) is 4.96.